The van der Waals surface area contributed by atoms with Crippen molar-refractivity contribution < 1.29 is 14.3 Å². The molecule has 0 radical (unpaired) electrons. The Labute approximate surface area is 120 Å². The van der Waals surface area contributed by atoms with Crippen LogP contribution in [-0.4, -0.2) is 26.2 Å². The molecule has 1 saturated carbocycles. The van der Waals surface area contributed by atoms with Crippen molar-refractivity contribution in [3.05, 3.63) is 29.8 Å². The van der Waals surface area contributed by atoms with E-state index in [0.29, 0.717) is 6.04 Å². The van der Waals surface area contributed by atoms with Crippen LogP contribution in [-0.2, 0) is 16.1 Å². The third kappa shape index (κ3) is 3.97. The summed E-state index contributed by atoms with van der Waals surface area (Å²) >= 11 is 0. The van der Waals surface area contributed by atoms with Gasteiger partial charge in [0.05, 0.1) is 20.1 Å². The summed E-state index contributed by atoms with van der Waals surface area (Å²) in [6.07, 6.45) is 3.92. The molecule has 2 rings (SSSR count). The number of esters is 1. The van der Waals surface area contributed by atoms with Crippen molar-refractivity contribution in [1.29, 1.82) is 0 Å². The van der Waals surface area contributed by atoms with Gasteiger partial charge < -0.3 is 14.8 Å². The molecule has 0 amide bonds. The van der Waals surface area contributed by atoms with E-state index in [4.69, 9.17) is 9.47 Å². The molecule has 0 aromatic heterocycles. The first-order valence-electron chi connectivity index (χ1n) is 7.17. The molecule has 0 heterocycles. The van der Waals surface area contributed by atoms with E-state index in [2.05, 4.69) is 17.4 Å². The molecule has 1 aliphatic rings. The van der Waals surface area contributed by atoms with Crippen molar-refractivity contribution in [2.75, 3.05) is 14.2 Å². The quantitative estimate of drug-likeness (QED) is 0.840. The zero-order valence-electron chi connectivity index (χ0n) is 12.2. The average molecular weight is 277 g/mol. The first kappa shape index (κ1) is 14.9. The zero-order chi connectivity index (χ0) is 14.4. The minimum absolute atomic E-state index is 0.0568. The van der Waals surface area contributed by atoms with E-state index in [0.717, 1.165) is 38.0 Å². The van der Waals surface area contributed by atoms with Crippen molar-refractivity contribution in [1.82, 2.24) is 5.32 Å². The fraction of sp³-hybridized carbons (Fsp3) is 0.562. The van der Waals surface area contributed by atoms with E-state index in [1.807, 2.05) is 12.1 Å². The van der Waals surface area contributed by atoms with Crippen LogP contribution in [0.2, 0.25) is 0 Å². The van der Waals surface area contributed by atoms with E-state index in [1.165, 1.54) is 12.7 Å². The maximum absolute atomic E-state index is 11.5. The van der Waals surface area contributed by atoms with Gasteiger partial charge in [0.1, 0.15) is 5.75 Å². The molecule has 20 heavy (non-hydrogen) atoms. The SMILES string of the molecule is COc1ccc(CN[C@H]2CC[C@H](C(=O)OC)CC2)cc1. The molecule has 0 bridgehead atoms. The fourth-order valence-corrected chi connectivity index (χ4v) is 2.71. The molecule has 0 saturated heterocycles. The minimum Gasteiger partial charge on any atom is -0.497 e. The van der Waals surface area contributed by atoms with Crippen molar-refractivity contribution in [2.24, 2.45) is 5.92 Å². The van der Waals surface area contributed by atoms with Gasteiger partial charge in [-0.05, 0) is 43.4 Å². The topological polar surface area (TPSA) is 47.6 Å². The molecule has 4 nitrogen and oxygen atoms in total. The highest BCUT2D eigenvalue weighted by Gasteiger charge is 2.26. The van der Waals surface area contributed by atoms with E-state index < -0.39 is 0 Å². The van der Waals surface area contributed by atoms with Crippen LogP contribution in [0.5, 0.6) is 5.75 Å². The summed E-state index contributed by atoms with van der Waals surface area (Å²) in [5.74, 6) is 0.921. The van der Waals surface area contributed by atoms with E-state index in [1.54, 1.807) is 7.11 Å². The van der Waals surface area contributed by atoms with Gasteiger partial charge in [-0.3, -0.25) is 4.79 Å². The number of carbonyl (C=O) groups excluding carboxylic acids is 1. The summed E-state index contributed by atoms with van der Waals surface area (Å²) in [5, 5.41) is 3.56. The van der Waals surface area contributed by atoms with Crippen LogP contribution in [0.4, 0.5) is 0 Å². The van der Waals surface area contributed by atoms with Crippen molar-refractivity contribution >= 4 is 5.97 Å². The summed E-state index contributed by atoms with van der Waals surface area (Å²) < 4.78 is 9.95. The van der Waals surface area contributed by atoms with Crippen LogP contribution in [0.25, 0.3) is 0 Å². The average Bonchev–Trinajstić information content (AvgIpc) is 2.53. The van der Waals surface area contributed by atoms with Crippen LogP contribution in [0.3, 0.4) is 0 Å². The Morgan fingerprint density at radius 2 is 1.80 bits per heavy atom. The van der Waals surface area contributed by atoms with Crippen LogP contribution in [0, 0.1) is 5.92 Å². The van der Waals surface area contributed by atoms with Gasteiger partial charge in [-0.2, -0.15) is 0 Å². The number of benzene rings is 1. The number of nitrogens with one attached hydrogen (secondary N) is 1. The van der Waals surface area contributed by atoms with Gasteiger partial charge in [0.2, 0.25) is 0 Å². The zero-order valence-corrected chi connectivity index (χ0v) is 12.2. The molecule has 0 aliphatic heterocycles. The highest BCUT2D eigenvalue weighted by atomic mass is 16.5. The molecule has 1 fully saturated rings. The standard InChI is InChI=1S/C16H23NO3/c1-19-15-9-3-12(4-10-15)11-17-14-7-5-13(6-8-14)16(18)20-2/h3-4,9-10,13-14,17H,5-8,11H2,1-2H3/t13-,14-. The Bertz CT molecular complexity index is 422. The maximum Gasteiger partial charge on any atom is 0.308 e. The van der Waals surface area contributed by atoms with Crippen LogP contribution in [0.15, 0.2) is 24.3 Å². The lowest BCUT2D eigenvalue weighted by molar-refractivity contribution is -0.146. The number of hydrogen-bond donors (Lipinski definition) is 1. The minimum atomic E-state index is -0.0568. The molecule has 1 aromatic rings. The molecule has 1 aliphatic carbocycles. The third-order valence-corrected chi connectivity index (χ3v) is 4.02. The third-order valence-electron chi connectivity index (χ3n) is 4.02. The number of hydrogen-bond acceptors (Lipinski definition) is 4. The lowest BCUT2D eigenvalue weighted by atomic mass is 9.86. The number of carbonyl (C=O) groups is 1. The molecule has 4 heteroatoms. The van der Waals surface area contributed by atoms with Crippen LogP contribution >= 0.6 is 0 Å². The van der Waals surface area contributed by atoms with Crippen LogP contribution < -0.4 is 10.1 Å². The summed E-state index contributed by atoms with van der Waals surface area (Å²) in [7, 11) is 3.14. The van der Waals surface area contributed by atoms with Gasteiger partial charge in [0.15, 0.2) is 0 Å². The van der Waals surface area contributed by atoms with Gasteiger partial charge in [0, 0.05) is 12.6 Å². The predicted molar refractivity (Wildman–Crippen MR) is 77.6 cm³/mol. The van der Waals surface area contributed by atoms with Gasteiger partial charge in [-0.1, -0.05) is 12.1 Å². The molecule has 0 spiro atoms. The highest BCUT2D eigenvalue weighted by Crippen LogP contribution is 2.25. The van der Waals surface area contributed by atoms with Crippen molar-refractivity contribution in [2.45, 2.75) is 38.3 Å². The lowest BCUT2D eigenvalue weighted by Gasteiger charge is -2.27. The fourth-order valence-electron chi connectivity index (χ4n) is 2.71. The van der Waals surface area contributed by atoms with Gasteiger partial charge in [-0.25, -0.2) is 0 Å². The van der Waals surface area contributed by atoms with Gasteiger partial charge in [0.25, 0.3) is 0 Å². The predicted octanol–water partition coefficient (Wildman–Crippen LogP) is 2.52. The smallest absolute Gasteiger partial charge is 0.308 e. The molecular weight excluding hydrogens is 254 g/mol. The van der Waals surface area contributed by atoms with Crippen molar-refractivity contribution in [3.63, 3.8) is 0 Å². The van der Waals surface area contributed by atoms with Crippen LogP contribution in [0.1, 0.15) is 31.2 Å². The van der Waals surface area contributed by atoms with E-state index >= 15 is 0 Å². The number of rotatable bonds is 5. The molecular formula is C16H23NO3. The molecule has 1 aromatic carbocycles. The normalized spacial score (nSPS) is 22.3. The van der Waals surface area contributed by atoms with Gasteiger partial charge >= 0.3 is 5.97 Å². The summed E-state index contributed by atoms with van der Waals surface area (Å²) in [4.78, 5) is 11.5. The molecule has 1 N–H and O–H groups in total. The highest BCUT2D eigenvalue weighted by molar-refractivity contribution is 5.72. The number of ether oxygens (including phenoxy) is 2. The monoisotopic (exact) mass is 277 g/mol. The molecule has 110 valence electrons. The summed E-state index contributed by atoms with van der Waals surface area (Å²) in [6.45, 7) is 0.859. The molecule has 0 unspecified atom stereocenters. The largest absolute Gasteiger partial charge is 0.497 e. The Morgan fingerprint density at radius 3 is 2.35 bits per heavy atom. The first-order chi connectivity index (χ1) is 9.72. The van der Waals surface area contributed by atoms with Crippen molar-refractivity contribution in [3.8, 4) is 5.75 Å². The Hall–Kier alpha value is -1.55. The number of methoxy groups -OCH3 is 2. The summed E-state index contributed by atoms with van der Waals surface area (Å²) in [6, 6.07) is 8.60. The first-order valence-corrected chi connectivity index (χ1v) is 7.17. The molecule has 0 atom stereocenters. The second-order valence-corrected chi connectivity index (χ2v) is 5.30. The second kappa shape index (κ2) is 7.29. The summed E-state index contributed by atoms with van der Waals surface area (Å²) in [5.41, 5.74) is 1.25. The maximum atomic E-state index is 11.5. The van der Waals surface area contributed by atoms with E-state index in [9.17, 15) is 4.79 Å². The lowest BCUT2D eigenvalue weighted by Crippen LogP contribution is -2.34. The Morgan fingerprint density at radius 1 is 1.15 bits per heavy atom. The van der Waals surface area contributed by atoms with E-state index in [-0.39, 0.29) is 11.9 Å². The Kier molecular flexibility index (Phi) is 5.41. The van der Waals surface area contributed by atoms with Gasteiger partial charge in [-0.15, -0.1) is 0 Å². The second-order valence-electron chi connectivity index (χ2n) is 5.30. The Balaban J connectivity index is 1.74.